The number of nitrogens with one attached hydrogen (secondary N) is 1. The molecule has 2 aliphatic heterocycles. The smallest absolute Gasteiger partial charge is 0.224 e. The van der Waals surface area contributed by atoms with E-state index in [4.69, 9.17) is 9.47 Å². The molecular formula is C18H24N2O3. The fraction of sp³-hybridized carbons (Fsp3) is 0.611. The molecule has 2 atom stereocenters. The van der Waals surface area contributed by atoms with Gasteiger partial charge in [0.15, 0.2) is 0 Å². The molecule has 23 heavy (non-hydrogen) atoms. The van der Waals surface area contributed by atoms with Crippen LogP contribution in [0.25, 0.3) is 0 Å². The summed E-state index contributed by atoms with van der Waals surface area (Å²) in [5.74, 6) is 0.244. The van der Waals surface area contributed by atoms with E-state index in [-0.39, 0.29) is 23.9 Å². The van der Waals surface area contributed by atoms with Crippen LogP contribution in [0.3, 0.4) is 0 Å². The van der Waals surface area contributed by atoms with E-state index in [0.29, 0.717) is 13.2 Å². The molecule has 5 nitrogen and oxygen atoms in total. The summed E-state index contributed by atoms with van der Waals surface area (Å²) in [5.41, 5.74) is 2.64. The molecule has 2 fully saturated rings. The number of hydrogen-bond acceptors (Lipinski definition) is 4. The highest BCUT2D eigenvalue weighted by Gasteiger charge is 2.36. The molecule has 0 unspecified atom stereocenters. The molecule has 1 amide bonds. The molecule has 2 saturated heterocycles. The first-order valence-electron chi connectivity index (χ1n) is 8.58. The fourth-order valence-electron chi connectivity index (χ4n) is 3.99. The predicted octanol–water partition coefficient (Wildman–Crippen LogP) is 0.617. The number of rotatable bonds is 3. The second-order valence-electron chi connectivity index (χ2n) is 6.74. The summed E-state index contributed by atoms with van der Waals surface area (Å²) in [4.78, 5) is 15.1. The minimum absolute atomic E-state index is 0.0679. The van der Waals surface area contributed by atoms with Gasteiger partial charge in [-0.25, -0.2) is 0 Å². The predicted molar refractivity (Wildman–Crippen MR) is 86.3 cm³/mol. The van der Waals surface area contributed by atoms with Crippen molar-refractivity contribution in [2.24, 2.45) is 5.92 Å². The van der Waals surface area contributed by atoms with E-state index in [1.165, 1.54) is 11.1 Å². The minimum atomic E-state index is 0.0679. The van der Waals surface area contributed by atoms with Crippen LogP contribution in [-0.4, -0.2) is 62.4 Å². The maximum absolute atomic E-state index is 12.7. The van der Waals surface area contributed by atoms with E-state index in [2.05, 4.69) is 34.5 Å². The topological polar surface area (TPSA) is 50.8 Å². The Bertz CT molecular complexity index is 546. The van der Waals surface area contributed by atoms with Crippen LogP contribution in [0.5, 0.6) is 0 Å². The van der Waals surface area contributed by atoms with Crippen LogP contribution < -0.4 is 5.32 Å². The van der Waals surface area contributed by atoms with Gasteiger partial charge in [0, 0.05) is 19.0 Å². The third kappa shape index (κ3) is 3.13. The molecule has 1 aromatic rings. The first-order chi connectivity index (χ1) is 11.3. The van der Waals surface area contributed by atoms with Crippen LogP contribution in [0.1, 0.15) is 11.1 Å². The molecule has 1 aliphatic carbocycles. The number of morpholine rings is 1. The molecule has 5 heteroatoms. The molecule has 0 bridgehead atoms. The molecule has 3 aliphatic rings. The zero-order valence-electron chi connectivity index (χ0n) is 13.4. The molecule has 0 spiro atoms. The molecule has 1 aromatic carbocycles. The van der Waals surface area contributed by atoms with E-state index >= 15 is 0 Å². The highest BCUT2D eigenvalue weighted by molar-refractivity contribution is 5.80. The lowest BCUT2D eigenvalue weighted by Crippen LogP contribution is -2.55. The fourth-order valence-corrected chi connectivity index (χ4v) is 3.99. The van der Waals surface area contributed by atoms with E-state index in [1.807, 2.05) is 0 Å². The van der Waals surface area contributed by atoms with Crippen molar-refractivity contribution in [3.05, 3.63) is 35.4 Å². The number of nitrogens with zero attached hydrogens (tertiary/aromatic N) is 1. The molecule has 124 valence electrons. The lowest BCUT2D eigenvalue weighted by molar-refractivity contribution is -0.125. The van der Waals surface area contributed by atoms with Gasteiger partial charge in [-0.05, 0) is 24.0 Å². The summed E-state index contributed by atoms with van der Waals surface area (Å²) in [5, 5.41) is 3.26. The zero-order valence-corrected chi connectivity index (χ0v) is 13.4. The standard InChI is InChI=1S/C18H24N2O3/c21-18(15-9-13-3-1-2-4-14(13)10-15)19-16-11-23-12-17(16)20-5-7-22-8-6-20/h1-4,15-17H,5-12H2,(H,19,21)/t16-,17-/m0/s1. The number of benzene rings is 1. The third-order valence-corrected chi connectivity index (χ3v) is 5.31. The van der Waals surface area contributed by atoms with Gasteiger partial charge in [-0.3, -0.25) is 9.69 Å². The van der Waals surface area contributed by atoms with Crippen molar-refractivity contribution in [1.82, 2.24) is 10.2 Å². The Morgan fingerprint density at radius 1 is 1.04 bits per heavy atom. The van der Waals surface area contributed by atoms with Gasteiger partial charge in [0.25, 0.3) is 0 Å². The van der Waals surface area contributed by atoms with Gasteiger partial charge in [-0.2, -0.15) is 0 Å². The SMILES string of the molecule is O=C(N[C@H]1COC[C@@H]1N1CCOCC1)C1Cc2ccccc2C1. The zero-order chi connectivity index (χ0) is 15.6. The summed E-state index contributed by atoms with van der Waals surface area (Å²) in [6, 6.07) is 8.77. The summed E-state index contributed by atoms with van der Waals surface area (Å²) in [6.07, 6.45) is 1.72. The average Bonchev–Trinajstić information content (AvgIpc) is 3.22. The van der Waals surface area contributed by atoms with Gasteiger partial charge < -0.3 is 14.8 Å². The van der Waals surface area contributed by atoms with Gasteiger partial charge in [-0.15, -0.1) is 0 Å². The van der Waals surface area contributed by atoms with E-state index in [9.17, 15) is 4.79 Å². The molecule has 0 aromatic heterocycles. The van der Waals surface area contributed by atoms with Crippen molar-refractivity contribution < 1.29 is 14.3 Å². The van der Waals surface area contributed by atoms with Gasteiger partial charge in [0.2, 0.25) is 5.91 Å². The van der Waals surface area contributed by atoms with Crippen LogP contribution in [0.4, 0.5) is 0 Å². The third-order valence-electron chi connectivity index (χ3n) is 5.31. The van der Waals surface area contributed by atoms with Crippen LogP contribution in [0.2, 0.25) is 0 Å². The van der Waals surface area contributed by atoms with Crippen LogP contribution in [0, 0.1) is 5.92 Å². The lowest BCUT2D eigenvalue weighted by Gasteiger charge is -2.34. The maximum Gasteiger partial charge on any atom is 0.224 e. The van der Waals surface area contributed by atoms with Crippen molar-refractivity contribution in [3.63, 3.8) is 0 Å². The number of hydrogen-bond donors (Lipinski definition) is 1. The number of carbonyl (C=O) groups excluding carboxylic acids is 1. The number of carbonyl (C=O) groups is 1. The Morgan fingerprint density at radius 3 is 2.43 bits per heavy atom. The average molecular weight is 316 g/mol. The molecule has 0 saturated carbocycles. The molecule has 4 rings (SSSR count). The van der Waals surface area contributed by atoms with E-state index in [0.717, 1.165) is 39.1 Å². The van der Waals surface area contributed by atoms with E-state index < -0.39 is 0 Å². The Labute approximate surface area is 136 Å². The molecular weight excluding hydrogens is 292 g/mol. The summed E-state index contributed by atoms with van der Waals surface area (Å²) in [6.45, 7) is 4.72. The summed E-state index contributed by atoms with van der Waals surface area (Å²) < 4.78 is 11.1. The molecule has 2 heterocycles. The second-order valence-corrected chi connectivity index (χ2v) is 6.74. The van der Waals surface area contributed by atoms with Crippen molar-refractivity contribution >= 4 is 5.91 Å². The lowest BCUT2D eigenvalue weighted by atomic mass is 10.0. The van der Waals surface area contributed by atoms with Crippen molar-refractivity contribution in [2.45, 2.75) is 24.9 Å². The van der Waals surface area contributed by atoms with E-state index in [1.54, 1.807) is 0 Å². The Balaban J connectivity index is 1.37. The van der Waals surface area contributed by atoms with Gasteiger partial charge >= 0.3 is 0 Å². The van der Waals surface area contributed by atoms with Gasteiger partial charge in [0.1, 0.15) is 0 Å². The Hall–Kier alpha value is -1.43. The van der Waals surface area contributed by atoms with Crippen LogP contribution >= 0.6 is 0 Å². The van der Waals surface area contributed by atoms with Crippen LogP contribution in [0.15, 0.2) is 24.3 Å². The molecule has 0 radical (unpaired) electrons. The summed E-state index contributed by atoms with van der Waals surface area (Å²) >= 11 is 0. The first kappa shape index (κ1) is 15.1. The highest BCUT2D eigenvalue weighted by Crippen LogP contribution is 2.27. The Morgan fingerprint density at radius 2 is 1.74 bits per heavy atom. The van der Waals surface area contributed by atoms with Crippen molar-refractivity contribution in [2.75, 3.05) is 39.5 Å². The monoisotopic (exact) mass is 316 g/mol. The van der Waals surface area contributed by atoms with Crippen molar-refractivity contribution in [1.29, 1.82) is 0 Å². The highest BCUT2D eigenvalue weighted by atomic mass is 16.5. The van der Waals surface area contributed by atoms with Gasteiger partial charge in [-0.1, -0.05) is 24.3 Å². The Kier molecular flexibility index (Phi) is 4.33. The number of fused-ring (bicyclic) bond motifs is 1. The largest absolute Gasteiger partial charge is 0.379 e. The number of amides is 1. The second kappa shape index (κ2) is 6.59. The summed E-state index contributed by atoms with van der Waals surface area (Å²) in [7, 11) is 0. The first-order valence-corrected chi connectivity index (χ1v) is 8.58. The minimum Gasteiger partial charge on any atom is -0.379 e. The van der Waals surface area contributed by atoms with Crippen LogP contribution in [-0.2, 0) is 27.1 Å². The molecule has 1 N–H and O–H groups in total. The van der Waals surface area contributed by atoms with Gasteiger partial charge in [0.05, 0.1) is 38.5 Å². The van der Waals surface area contributed by atoms with Crippen molar-refractivity contribution in [3.8, 4) is 0 Å². The maximum atomic E-state index is 12.7. The normalized spacial score (nSPS) is 28.7. The quantitative estimate of drug-likeness (QED) is 0.888. The number of ether oxygens (including phenoxy) is 2.